The van der Waals surface area contributed by atoms with Gasteiger partial charge < -0.3 is 25.2 Å². The Morgan fingerprint density at radius 1 is 1.24 bits per heavy atom. The number of hydrogen-bond acceptors (Lipinski definition) is 5. The van der Waals surface area contributed by atoms with E-state index in [9.17, 15) is 22.8 Å². The number of rotatable bonds is 4. The summed E-state index contributed by atoms with van der Waals surface area (Å²) in [7, 11) is 0. The van der Waals surface area contributed by atoms with Crippen molar-refractivity contribution in [2.24, 2.45) is 0 Å². The third kappa shape index (κ3) is 5.01. The molecule has 2 aliphatic heterocycles. The van der Waals surface area contributed by atoms with Gasteiger partial charge >= 0.3 is 6.18 Å². The zero-order chi connectivity index (χ0) is 24.7. The molecule has 180 valence electrons. The van der Waals surface area contributed by atoms with Crippen LogP contribution in [0, 0.1) is 0 Å². The highest BCUT2D eigenvalue weighted by molar-refractivity contribution is 6.05. The maximum absolute atomic E-state index is 13.1. The molecule has 7 nitrogen and oxygen atoms in total. The van der Waals surface area contributed by atoms with Gasteiger partial charge in [0.1, 0.15) is 17.1 Å². The van der Waals surface area contributed by atoms with Gasteiger partial charge in [-0.05, 0) is 49.8 Å². The minimum Gasteiger partial charge on any atom is -0.487 e. The number of fused-ring (bicyclic) bond motifs is 2. The third-order valence-electron chi connectivity index (χ3n) is 5.42. The highest BCUT2D eigenvalue weighted by atomic mass is 19.4. The van der Waals surface area contributed by atoms with Crippen molar-refractivity contribution < 1.29 is 37.3 Å². The first kappa shape index (κ1) is 23.6. The minimum atomic E-state index is -4.51. The summed E-state index contributed by atoms with van der Waals surface area (Å²) in [6, 6.07) is 7.94. The number of aliphatic hydroxyl groups excluding tert-OH is 1. The first-order chi connectivity index (χ1) is 15.9. The average molecular weight is 476 g/mol. The number of carbonyl (C=O) groups is 2. The summed E-state index contributed by atoms with van der Waals surface area (Å²) >= 11 is 0. The van der Waals surface area contributed by atoms with Crippen LogP contribution in [0.25, 0.3) is 5.57 Å². The molecule has 0 bridgehead atoms. The Bertz CT molecular complexity index is 1170. The maximum atomic E-state index is 13.1. The molecule has 0 saturated carbocycles. The minimum absolute atomic E-state index is 0.0659. The van der Waals surface area contributed by atoms with Gasteiger partial charge in [-0.3, -0.25) is 9.59 Å². The van der Waals surface area contributed by atoms with E-state index >= 15 is 0 Å². The predicted octanol–water partition coefficient (Wildman–Crippen LogP) is 4.37. The molecule has 2 aromatic rings. The summed E-state index contributed by atoms with van der Waals surface area (Å²) in [5.74, 6) is -0.405. The van der Waals surface area contributed by atoms with Crippen molar-refractivity contribution in [1.82, 2.24) is 0 Å². The lowest BCUT2D eigenvalue weighted by Crippen LogP contribution is -2.37. The molecule has 1 atom stereocenters. The number of hydrogen-bond donors (Lipinski definition) is 3. The van der Waals surface area contributed by atoms with E-state index in [4.69, 9.17) is 14.6 Å². The first-order valence-electron chi connectivity index (χ1n) is 10.6. The number of amides is 2. The van der Waals surface area contributed by atoms with Crippen molar-refractivity contribution in [3.63, 3.8) is 0 Å². The molecule has 1 unspecified atom stereocenters. The second-order valence-electron chi connectivity index (χ2n) is 8.73. The van der Waals surface area contributed by atoms with Crippen molar-refractivity contribution in [2.75, 3.05) is 17.2 Å². The second-order valence-corrected chi connectivity index (χ2v) is 8.73. The number of anilines is 2. The van der Waals surface area contributed by atoms with Crippen molar-refractivity contribution in [1.29, 1.82) is 0 Å². The normalized spacial score (nSPS) is 19.9. The van der Waals surface area contributed by atoms with Crippen LogP contribution in [0.1, 0.15) is 37.8 Å². The van der Waals surface area contributed by atoms with Gasteiger partial charge in [-0.25, -0.2) is 0 Å². The largest absolute Gasteiger partial charge is 0.487 e. The van der Waals surface area contributed by atoms with Crippen molar-refractivity contribution in [3.05, 3.63) is 53.6 Å². The van der Waals surface area contributed by atoms with E-state index in [2.05, 4.69) is 10.6 Å². The molecular weight excluding hydrogens is 453 g/mol. The molecule has 4 rings (SSSR count). The molecule has 0 saturated heterocycles. The molecular formula is C24H23F3N2O5. The smallest absolute Gasteiger partial charge is 0.416 e. The van der Waals surface area contributed by atoms with Crippen LogP contribution in [-0.4, -0.2) is 35.2 Å². The van der Waals surface area contributed by atoms with Gasteiger partial charge in [0.2, 0.25) is 5.91 Å². The highest BCUT2D eigenvalue weighted by Gasteiger charge is 2.35. The Kier molecular flexibility index (Phi) is 6.03. The average Bonchev–Trinajstić information content (AvgIpc) is 2.72. The Balaban J connectivity index is 1.56. The summed E-state index contributed by atoms with van der Waals surface area (Å²) in [6.07, 6.45) is -3.49. The van der Waals surface area contributed by atoms with Crippen LogP contribution in [0.4, 0.5) is 24.5 Å². The molecule has 34 heavy (non-hydrogen) atoms. The second kappa shape index (κ2) is 8.68. The lowest BCUT2D eigenvalue weighted by Gasteiger charge is -2.34. The predicted molar refractivity (Wildman–Crippen MR) is 119 cm³/mol. The number of alkyl halides is 3. The fraction of sp³-hybridized carbons (Fsp3) is 0.333. The molecule has 3 N–H and O–H groups in total. The summed E-state index contributed by atoms with van der Waals surface area (Å²) in [5, 5.41) is 14.4. The van der Waals surface area contributed by atoms with Gasteiger partial charge in [-0.1, -0.05) is 6.07 Å². The monoisotopic (exact) mass is 476 g/mol. The van der Waals surface area contributed by atoms with Gasteiger partial charge in [-0.2, -0.15) is 13.2 Å². The van der Waals surface area contributed by atoms with Crippen LogP contribution >= 0.6 is 0 Å². The lowest BCUT2D eigenvalue weighted by molar-refractivity contribution is -0.137. The van der Waals surface area contributed by atoms with E-state index in [1.807, 2.05) is 0 Å². The molecule has 10 heteroatoms. The topological polar surface area (TPSA) is 96.9 Å². The third-order valence-corrected chi connectivity index (χ3v) is 5.42. The summed E-state index contributed by atoms with van der Waals surface area (Å²) in [4.78, 5) is 24.8. The molecule has 0 radical (unpaired) electrons. The highest BCUT2D eigenvalue weighted by Crippen LogP contribution is 2.43. The van der Waals surface area contributed by atoms with E-state index in [1.54, 1.807) is 26.0 Å². The van der Waals surface area contributed by atoms with Gasteiger partial charge in [0, 0.05) is 36.8 Å². The number of ether oxygens (including phenoxy) is 2. The Hall–Kier alpha value is -3.53. The number of carbonyl (C=O) groups excluding carboxylic acids is 2. The van der Waals surface area contributed by atoms with Crippen molar-refractivity contribution in [3.8, 4) is 11.5 Å². The van der Waals surface area contributed by atoms with Gasteiger partial charge in [0.15, 0.2) is 6.10 Å². The molecule has 2 amide bonds. The Morgan fingerprint density at radius 2 is 2.00 bits per heavy atom. The summed E-state index contributed by atoms with van der Waals surface area (Å²) in [5.41, 5.74) is 0.0997. The van der Waals surface area contributed by atoms with E-state index in [0.29, 0.717) is 34.7 Å². The van der Waals surface area contributed by atoms with Crippen molar-refractivity contribution >= 4 is 28.8 Å². The number of nitrogens with one attached hydrogen (secondary N) is 2. The fourth-order valence-electron chi connectivity index (χ4n) is 3.94. The maximum Gasteiger partial charge on any atom is 0.416 e. The van der Waals surface area contributed by atoms with Crippen LogP contribution in [0.2, 0.25) is 0 Å². The zero-order valence-corrected chi connectivity index (χ0v) is 18.5. The van der Waals surface area contributed by atoms with E-state index in [1.165, 1.54) is 18.2 Å². The van der Waals surface area contributed by atoms with Crippen LogP contribution < -0.4 is 20.1 Å². The van der Waals surface area contributed by atoms with Crippen LogP contribution in [0.5, 0.6) is 11.5 Å². The van der Waals surface area contributed by atoms with E-state index in [0.717, 1.165) is 12.1 Å². The first-order valence-corrected chi connectivity index (χ1v) is 10.6. The molecule has 0 fully saturated rings. The number of benzene rings is 2. The van der Waals surface area contributed by atoms with Crippen molar-refractivity contribution in [2.45, 2.75) is 44.6 Å². The number of halogens is 3. The van der Waals surface area contributed by atoms with Gasteiger partial charge in [0.25, 0.3) is 5.91 Å². The number of aliphatic hydroxyl groups is 1. The summed E-state index contributed by atoms with van der Waals surface area (Å²) in [6.45, 7) is 3.27. The Labute approximate surface area is 193 Å². The SMILES string of the molecule is CC1(C)C/C(=C\C(=O)Nc2ccc3c(c2)NC(=O)C(CCO)O3)c2ccc(C(F)(F)F)cc2O1. The zero-order valence-electron chi connectivity index (χ0n) is 18.5. The molecule has 2 aliphatic rings. The molecule has 0 aromatic heterocycles. The van der Waals surface area contributed by atoms with Crippen LogP contribution in [-0.2, 0) is 15.8 Å². The standard InChI is InChI=1S/C24H23F3N2O5/c1-23(2)12-13(16-5-3-14(24(25,26)27)10-20(16)34-23)9-21(31)28-15-4-6-18-17(11-15)29-22(32)19(33-18)7-8-30/h3-6,9-11,19,30H,7-8,12H2,1-2H3,(H,28,31)(H,29,32)/b13-9+. The van der Waals surface area contributed by atoms with Crippen LogP contribution in [0.3, 0.4) is 0 Å². The van der Waals surface area contributed by atoms with Gasteiger partial charge in [-0.15, -0.1) is 0 Å². The quantitative estimate of drug-likeness (QED) is 0.570. The molecule has 2 aromatic carbocycles. The summed E-state index contributed by atoms with van der Waals surface area (Å²) < 4.78 is 50.7. The lowest BCUT2D eigenvalue weighted by atomic mass is 9.88. The fourth-order valence-corrected chi connectivity index (χ4v) is 3.94. The van der Waals surface area contributed by atoms with E-state index in [-0.39, 0.29) is 18.8 Å². The molecule has 0 spiro atoms. The molecule has 0 aliphatic carbocycles. The molecule has 2 heterocycles. The van der Waals surface area contributed by atoms with Crippen LogP contribution in [0.15, 0.2) is 42.5 Å². The van der Waals surface area contributed by atoms with Gasteiger partial charge in [0.05, 0.1) is 11.3 Å². The van der Waals surface area contributed by atoms with E-state index < -0.39 is 35.3 Å². The Morgan fingerprint density at radius 3 is 2.71 bits per heavy atom.